The van der Waals surface area contributed by atoms with Crippen LogP contribution in [0, 0.1) is 0 Å². The van der Waals surface area contributed by atoms with E-state index in [9.17, 15) is 14.4 Å². The summed E-state index contributed by atoms with van der Waals surface area (Å²) in [5.41, 5.74) is 2.64. The Hall–Kier alpha value is -3.01. The van der Waals surface area contributed by atoms with Crippen LogP contribution in [0.2, 0.25) is 0 Å². The van der Waals surface area contributed by atoms with Gasteiger partial charge in [-0.1, -0.05) is 54.6 Å². The van der Waals surface area contributed by atoms with Crippen LogP contribution in [0.25, 0.3) is 0 Å². The molecule has 0 saturated heterocycles. The zero-order valence-corrected chi connectivity index (χ0v) is 14.3. The van der Waals surface area contributed by atoms with Crippen LogP contribution in [-0.4, -0.2) is 28.9 Å². The maximum atomic E-state index is 12.8. The van der Waals surface area contributed by atoms with Crippen LogP contribution in [0.4, 0.5) is 0 Å². The third kappa shape index (κ3) is 3.29. The first-order chi connectivity index (χ1) is 12.0. The first-order valence-electron chi connectivity index (χ1n) is 8.16. The van der Waals surface area contributed by atoms with Crippen molar-refractivity contribution >= 4 is 17.5 Å². The smallest absolute Gasteiger partial charge is 0.220 e. The molecule has 0 aromatic heterocycles. The Morgan fingerprint density at radius 1 is 0.840 bits per heavy atom. The molecule has 0 bridgehead atoms. The maximum absolute atomic E-state index is 12.8. The molecule has 0 spiro atoms. The van der Waals surface area contributed by atoms with Gasteiger partial charge in [-0.2, -0.15) is 0 Å². The van der Waals surface area contributed by atoms with Gasteiger partial charge in [0, 0.05) is 35.7 Å². The lowest BCUT2D eigenvalue weighted by molar-refractivity contribution is -0.128. The second kappa shape index (κ2) is 6.85. The number of nitrogens with zero attached hydrogens (tertiary/aromatic N) is 1. The van der Waals surface area contributed by atoms with Gasteiger partial charge in [-0.15, -0.1) is 0 Å². The van der Waals surface area contributed by atoms with Crippen molar-refractivity contribution in [2.45, 2.75) is 20.4 Å². The highest BCUT2D eigenvalue weighted by molar-refractivity contribution is 6.26. The van der Waals surface area contributed by atoms with E-state index < -0.39 is 0 Å². The van der Waals surface area contributed by atoms with Gasteiger partial charge in [-0.25, -0.2) is 0 Å². The van der Waals surface area contributed by atoms with E-state index >= 15 is 0 Å². The Morgan fingerprint density at radius 3 is 2.00 bits per heavy atom. The van der Waals surface area contributed by atoms with E-state index in [1.165, 1.54) is 6.92 Å². The summed E-state index contributed by atoms with van der Waals surface area (Å²) >= 11 is 0. The van der Waals surface area contributed by atoms with E-state index in [-0.39, 0.29) is 24.0 Å². The molecule has 25 heavy (non-hydrogen) atoms. The van der Waals surface area contributed by atoms with E-state index in [0.29, 0.717) is 28.8 Å². The number of carbonyl (C=O) groups is 3. The first-order valence-corrected chi connectivity index (χ1v) is 8.16. The number of carbonyl (C=O) groups excluding carboxylic acids is 3. The molecular weight excluding hydrogens is 314 g/mol. The highest BCUT2D eigenvalue weighted by atomic mass is 16.2. The number of allylic oxidation sites excluding steroid dienone is 1. The predicted octanol–water partition coefficient (Wildman–Crippen LogP) is 3.43. The predicted molar refractivity (Wildman–Crippen MR) is 95.3 cm³/mol. The molecule has 0 saturated carbocycles. The summed E-state index contributed by atoms with van der Waals surface area (Å²) in [4.78, 5) is 39.1. The van der Waals surface area contributed by atoms with Crippen molar-refractivity contribution in [2.75, 3.05) is 6.54 Å². The van der Waals surface area contributed by atoms with Crippen molar-refractivity contribution < 1.29 is 14.4 Å². The molecule has 0 radical (unpaired) electrons. The van der Waals surface area contributed by atoms with Crippen LogP contribution >= 0.6 is 0 Å². The van der Waals surface area contributed by atoms with Gasteiger partial charge < -0.3 is 4.90 Å². The third-order valence-corrected chi connectivity index (χ3v) is 4.49. The van der Waals surface area contributed by atoms with Crippen LogP contribution in [0.3, 0.4) is 0 Å². The quantitative estimate of drug-likeness (QED) is 0.861. The average Bonchev–Trinajstić information content (AvgIpc) is 2.63. The summed E-state index contributed by atoms with van der Waals surface area (Å²) in [7, 11) is 0. The topological polar surface area (TPSA) is 54.5 Å². The molecule has 2 aromatic rings. The van der Waals surface area contributed by atoms with Crippen LogP contribution in [0.5, 0.6) is 0 Å². The zero-order chi connectivity index (χ0) is 18.0. The van der Waals surface area contributed by atoms with Crippen molar-refractivity contribution in [1.82, 2.24) is 4.90 Å². The van der Waals surface area contributed by atoms with Crippen LogP contribution in [-0.2, 0) is 11.3 Å². The van der Waals surface area contributed by atoms with Gasteiger partial charge in [0.2, 0.25) is 5.91 Å². The Labute approximate surface area is 146 Å². The molecule has 1 aliphatic carbocycles. The summed E-state index contributed by atoms with van der Waals surface area (Å²) in [5.74, 6) is -0.455. The number of hydrogen-bond acceptors (Lipinski definition) is 3. The summed E-state index contributed by atoms with van der Waals surface area (Å²) in [5, 5.41) is 0. The molecule has 2 aromatic carbocycles. The summed E-state index contributed by atoms with van der Waals surface area (Å²) in [6, 6.07) is 16.4. The summed E-state index contributed by atoms with van der Waals surface area (Å²) < 4.78 is 0. The molecule has 0 N–H and O–H groups in total. The zero-order valence-electron chi connectivity index (χ0n) is 14.3. The van der Waals surface area contributed by atoms with Crippen LogP contribution < -0.4 is 0 Å². The van der Waals surface area contributed by atoms with Gasteiger partial charge in [0.05, 0.1) is 6.54 Å². The van der Waals surface area contributed by atoms with Crippen molar-refractivity contribution in [3.63, 3.8) is 0 Å². The summed E-state index contributed by atoms with van der Waals surface area (Å²) in [6.45, 7) is 3.67. The molecule has 1 amide bonds. The number of ketones is 2. The van der Waals surface area contributed by atoms with Gasteiger partial charge in [-0.05, 0) is 12.5 Å². The van der Waals surface area contributed by atoms with Gasteiger partial charge in [0.1, 0.15) is 0 Å². The molecule has 1 aliphatic rings. The number of hydrogen-bond donors (Lipinski definition) is 0. The number of Topliss-reactive ketones (excluding diaryl/α,β-unsaturated/α-hetero) is 2. The van der Waals surface area contributed by atoms with Gasteiger partial charge >= 0.3 is 0 Å². The normalized spacial score (nSPS) is 13.7. The minimum absolute atomic E-state index is 0.134. The molecule has 0 unspecified atom stereocenters. The Balaban J connectivity index is 1.92. The molecule has 0 fully saturated rings. The molecule has 0 heterocycles. The number of amides is 1. The molecule has 0 aliphatic heterocycles. The summed E-state index contributed by atoms with van der Waals surface area (Å²) in [6.07, 6.45) is 0. The SMILES string of the molecule is CC(=O)N(CC1=C(C)C(=O)c2ccccc2C1=O)Cc1ccccc1. The molecule has 3 rings (SSSR count). The molecule has 126 valence electrons. The molecule has 4 heteroatoms. The minimum atomic E-state index is -0.174. The fraction of sp³-hybridized carbons (Fsp3) is 0.190. The molecule has 0 atom stereocenters. The lowest BCUT2D eigenvalue weighted by Gasteiger charge is -2.26. The van der Waals surface area contributed by atoms with Crippen molar-refractivity contribution in [2.24, 2.45) is 0 Å². The molecule has 4 nitrogen and oxygen atoms in total. The number of rotatable bonds is 4. The Morgan fingerprint density at radius 2 is 1.40 bits per heavy atom. The second-order valence-corrected chi connectivity index (χ2v) is 6.17. The lowest BCUT2D eigenvalue weighted by atomic mass is 9.84. The number of fused-ring (bicyclic) bond motifs is 1. The maximum Gasteiger partial charge on any atom is 0.220 e. The van der Waals surface area contributed by atoms with Crippen LogP contribution in [0.1, 0.15) is 40.1 Å². The molecular formula is C21H19NO3. The standard InChI is InChI=1S/C21H19NO3/c1-14-19(21(25)18-11-7-6-10-17(18)20(14)24)13-22(15(2)23)12-16-8-4-3-5-9-16/h3-11H,12-13H2,1-2H3. The van der Waals surface area contributed by atoms with E-state index in [0.717, 1.165) is 5.56 Å². The van der Waals surface area contributed by atoms with Crippen molar-refractivity contribution in [3.05, 3.63) is 82.4 Å². The van der Waals surface area contributed by atoms with E-state index in [1.807, 2.05) is 30.3 Å². The average molecular weight is 333 g/mol. The first kappa shape index (κ1) is 16.8. The van der Waals surface area contributed by atoms with E-state index in [4.69, 9.17) is 0 Å². The van der Waals surface area contributed by atoms with Gasteiger partial charge in [0.25, 0.3) is 0 Å². The Bertz CT molecular complexity index is 881. The minimum Gasteiger partial charge on any atom is -0.334 e. The van der Waals surface area contributed by atoms with Crippen molar-refractivity contribution in [3.8, 4) is 0 Å². The monoisotopic (exact) mass is 333 g/mol. The fourth-order valence-corrected chi connectivity index (χ4v) is 3.01. The lowest BCUT2D eigenvalue weighted by Crippen LogP contribution is -2.34. The third-order valence-electron chi connectivity index (χ3n) is 4.49. The van der Waals surface area contributed by atoms with Crippen molar-refractivity contribution in [1.29, 1.82) is 0 Å². The van der Waals surface area contributed by atoms with Gasteiger partial charge in [0.15, 0.2) is 11.6 Å². The van der Waals surface area contributed by atoms with Crippen LogP contribution in [0.15, 0.2) is 65.7 Å². The highest BCUT2D eigenvalue weighted by Crippen LogP contribution is 2.27. The fourth-order valence-electron chi connectivity index (χ4n) is 3.01. The number of benzene rings is 2. The second-order valence-electron chi connectivity index (χ2n) is 6.17. The van der Waals surface area contributed by atoms with Gasteiger partial charge in [-0.3, -0.25) is 14.4 Å². The Kier molecular flexibility index (Phi) is 4.61. The highest BCUT2D eigenvalue weighted by Gasteiger charge is 2.30. The largest absolute Gasteiger partial charge is 0.334 e. The van der Waals surface area contributed by atoms with E-state index in [2.05, 4.69) is 0 Å². The van der Waals surface area contributed by atoms with E-state index in [1.54, 1.807) is 36.1 Å².